The average molecular weight is 360 g/mol. The summed E-state index contributed by atoms with van der Waals surface area (Å²) in [6, 6.07) is 4.34. The fourth-order valence-corrected chi connectivity index (χ4v) is 4.12. The molecule has 0 radical (unpaired) electrons. The predicted molar refractivity (Wildman–Crippen MR) is 114 cm³/mol. The van der Waals surface area contributed by atoms with Crippen LogP contribution in [-0.4, -0.2) is 5.91 Å². The van der Waals surface area contributed by atoms with E-state index in [1.54, 1.807) is 0 Å². The molecular weight excluding hydrogens is 318 g/mol. The number of hydrogen-bond donors (Lipinski definition) is 1. The van der Waals surface area contributed by atoms with Gasteiger partial charge in [0.1, 0.15) is 0 Å². The highest BCUT2D eigenvalue weighted by atomic mass is 16.1. The zero-order valence-electron chi connectivity index (χ0n) is 17.9. The lowest BCUT2D eigenvalue weighted by atomic mass is 9.81. The maximum atomic E-state index is 12.4. The van der Waals surface area contributed by atoms with E-state index < -0.39 is 0 Å². The number of hydrogen-bond acceptors (Lipinski definition) is 1. The summed E-state index contributed by atoms with van der Waals surface area (Å²) in [5.74, 6) is 0.530. The highest BCUT2D eigenvalue weighted by Gasteiger charge is 2.22. The molecule has 1 rings (SSSR count). The second-order valence-electron chi connectivity index (χ2n) is 8.13. The molecule has 0 aliphatic heterocycles. The predicted octanol–water partition coefficient (Wildman–Crippen LogP) is 7.24. The van der Waals surface area contributed by atoms with Crippen LogP contribution < -0.4 is 5.73 Å². The molecule has 148 valence electrons. The molecule has 2 heteroatoms. The van der Waals surface area contributed by atoms with Crippen molar-refractivity contribution in [3.63, 3.8) is 0 Å². The van der Waals surface area contributed by atoms with Crippen molar-refractivity contribution in [3.8, 4) is 0 Å². The van der Waals surface area contributed by atoms with E-state index in [1.165, 1.54) is 62.5 Å². The van der Waals surface area contributed by atoms with Crippen LogP contribution in [0.4, 0.5) is 0 Å². The van der Waals surface area contributed by atoms with Gasteiger partial charge in [-0.3, -0.25) is 4.79 Å². The fourth-order valence-electron chi connectivity index (χ4n) is 4.12. The van der Waals surface area contributed by atoms with E-state index >= 15 is 0 Å². The van der Waals surface area contributed by atoms with E-state index in [0.717, 1.165) is 24.0 Å². The summed E-state index contributed by atoms with van der Waals surface area (Å²) >= 11 is 0. The van der Waals surface area contributed by atoms with Crippen molar-refractivity contribution in [2.24, 2.45) is 5.73 Å². The van der Waals surface area contributed by atoms with E-state index in [1.807, 2.05) is 0 Å². The largest absolute Gasteiger partial charge is 0.366 e. The number of benzene rings is 1. The number of primary amides is 1. The molecule has 2 nitrogen and oxygen atoms in total. The normalized spacial score (nSPS) is 13.6. The third-order valence-electron chi connectivity index (χ3n) is 5.75. The zero-order valence-corrected chi connectivity index (χ0v) is 17.9. The second kappa shape index (κ2) is 12.1. The van der Waals surface area contributed by atoms with Gasteiger partial charge in [0.05, 0.1) is 0 Å². The Morgan fingerprint density at radius 3 is 1.92 bits per heavy atom. The van der Waals surface area contributed by atoms with E-state index in [2.05, 4.69) is 46.8 Å². The third kappa shape index (κ3) is 6.78. The van der Waals surface area contributed by atoms with Gasteiger partial charge in [-0.25, -0.2) is 0 Å². The smallest absolute Gasteiger partial charge is 0.249 e. The number of unbranched alkanes of at least 4 members (excludes halogenated alkanes) is 6. The molecule has 0 heterocycles. The van der Waals surface area contributed by atoms with Crippen molar-refractivity contribution in [1.29, 1.82) is 0 Å². The first kappa shape index (κ1) is 22.7. The van der Waals surface area contributed by atoms with Crippen molar-refractivity contribution < 1.29 is 4.79 Å². The summed E-state index contributed by atoms with van der Waals surface area (Å²) in [5.41, 5.74) is 10.3. The number of rotatable bonds is 13. The van der Waals surface area contributed by atoms with Gasteiger partial charge < -0.3 is 5.73 Å². The van der Waals surface area contributed by atoms with Gasteiger partial charge in [0.15, 0.2) is 0 Å². The Balaban J connectivity index is 3.00. The van der Waals surface area contributed by atoms with Gasteiger partial charge in [0.2, 0.25) is 5.91 Å². The Hall–Kier alpha value is -1.31. The quantitative estimate of drug-likeness (QED) is 0.370. The molecule has 0 aliphatic rings. The molecule has 26 heavy (non-hydrogen) atoms. The average Bonchev–Trinajstić information content (AvgIpc) is 2.61. The van der Waals surface area contributed by atoms with E-state index in [4.69, 9.17) is 5.73 Å². The second-order valence-corrected chi connectivity index (χ2v) is 8.13. The Bertz CT molecular complexity index is 549. The minimum absolute atomic E-state index is 0.250. The minimum atomic E-state index is -0.250. The highest BCUT2D eigenvalue weighted by molar-refractivity contribution is 5.96. The van der Waals surface area contributed by atoms with Crippen LogP contribution in [0.15, 0.2) is 12.1 Å². The molecule has 2 unspecified atom stereocenters. The van der Waals surface area contributed by atoms with Gasteiger partial charge in [-0.1, -0.05) is 91.2 Å². The highest BCUT2D eigenvalue weighted by Crippen LogP contribution is 2.34. The van der Waals surface area contributed by atoms with Gasteiger partial charge in [-0.15, -0.1) is 0 Å². The number of carbonyl (C=O) groups excluding carboxylic acids is 1. The Labute approximate surface area is 162 Å². The molecule has 0 fully saturated rings. The van der Waals surface area contributed by atoms with Crippen LogP contribution in [-0.2, 0) is 0 Å². The van der Waals surface area contributed by atoms with Gasteiger partial charge >= 0.3 is 0 Å². The van der Waals surface area contributed by atoms with Gasteiger partial charge in [0, 0.05) is 5.56 Å². The molecule has 2 N–H and O–H groups in total. The Morgan fingerprint density at radius 1 is 0.885 bits per heavy atom. The van der Waals surface area contributed by atoms with Gasteiger partial charge in [0.25, 0.3) is 0 Å². The number of amides is 1. The Kier molecular flexibility index (Phi) is 10.6. The SMILES string of the molecule is CCCCCCC(C)c1ccc(C)c(C(C)CCCCCC)c1C(N)=O. The maximum absolute atomic E-state index is 12.4. The molecule has 0 spiro atoms. The Morgan fingerprint density at radius 2 is 1.42 bits per heavy atom. The van der Waals surface area contributed by atoms with Crippen molar-refractivity contribution in [3.05, 3.63) is 34.4 Å². The molecule has 0 aliphatic carbocycles. The monoisotopic (exact) mass is 359 g/mol. The molecule has 0 bridgehead atoms. The van der Waals surface area contributed by atoms with Crippen LogP contribution >= 0.6 is 0 Å². The van der Waals surface area contributed by atoms with Crippen molar-refractivity contribution in [1.82, 2.24) is 0 Å². The molecule has 0 aromatic heterocycles. The van der Waals surface area contributed by atoms with Crippen LogP contribution in [0.1, 0.15) is 131 Å². The van der Waals surface area contributed by atoms with Crippen LogP contribution in [0, 0.1) is 6.92 Å². The summed E-state index contributed by atoms with van der Waals surface area (Å²) in [7, 11) is 0. The fraction of sp³-hybridized carbons (Fsp3) is 0.708. The first-order valence-electron chi connectivity index (χ1n) is 10.9. The number of nitrogens with two attached hydrogens (primary N) is 1. The molecular formula is C24H41NO. The van der Waals surface area contributed by atoms with Crippen LogP contribution in [0.2, 0.25) is 0 Å². The van der Waals surface area contributed by atoms with Crippen LogP contribution in [0.5, 0.6) is 0 Å². The molecule has 1 aromatic rings. The molecule has 2 atom stereocenters. The first-order valence-corrected chi connectivity index (χ1v) is 10.9. The zero-order chi connectivity index (χ0) is 19.5. The molecule has 1 amide bonds. The van der Waals surface area contributed by atoms with E-state index in [0.29, 0.717) is 11.8 Å². The lowest BCUT2D eigenvalue weighted by molar-refractivity contribution is 0.0997. The standard InChI is InChI=1S/C24H41NO/c1-6-8-10-12-14-18(3)21-17-16-20(5)22(23(21)24(25)26)19(4)15-13-11-9-7-2/h16-19H,6-15H2,1-5H3,(H2,25,26). The van der Waals surface area contributed by atoms with Crippen molar-refractivity contribution >= 4 is 5.91 Å². The van der Waals surface area contributed by atoms with Crippen LogP contribution in [0.25, 0.3) is 0 Å². The molecule has 0 saturated heterocycles. The lowest BCUT2D eigenvalue weighted by Crippen LogP contribution is -2.20. The summed E-state index contributed by atoms with van der Waals surface area (Å²) in [6.45, 7) is 11.1. The number of carbonyl (C=O) groups is 1. The van der Waals surface area contributed by atoms with Crippen molar-refractivity contribution in [2.45, 2.75) is 111 Å². The molecule has 0 saturated carbocycles. The third-order valence-corrected chi connectivity index (χ3v) is 5.75. The lowest BCUT2D eigenvalue weighted by Gasteiger charge is -2.23. The topological polar surface area (TPSA) is 43.1 Å². The number of aryl methyl sites for hydroxylation is 1. The summed E-state index contributed by atoms with van der Waals surface area (Å²) in [6.07, 6.45) is 12.4. The van der Waals surface area contributed by atoms with Crippen LogP contribution in [0.3, 0.4) is 0 Å². The first-order chi connectivity index (χ1) is 12.4. The maximum Gasteiger partial charge on any atom is 0.249 e. The minimum Gasteiger partial charge on any atom is -0.366 e. The molecule has 1 aromatic carbocycles. The van der Waals surface area contributed by atoms with Crippen molar-refractivity contribution in [2.75, 3.05) is 0 Å². The summed E-state index contributed by atoms with van der Waals surface area (Å²) in [4.78, 5) is 12.4. The summed E-state index contributed by atoms with van der Waals surface area (Å²) in [5, 5.41) is 0. The van der Waals surface area contributed by atoms with E-state index in [-0.39, 0.29) is 5.91 Å². The summed E-state index contributed by atoms with van der Waals surface area (Å²) < 4.78 is 0. The van der Waals surface area contributed by atoms with Gasteiger partial charge in [-0.2, -0.15) is 0 Å². The van der Waals surface area contributed by atoms with E-state index in [9.17, 15) is 4.79 Å². The van der Waals surface area contributed by atoms with Gasteiger partial charge in [-0.05, 0) is 48.3 Å².